The Hall–Kier alpha value is -2.52. The van der Waals surface area contributed by atoms with Crippen molar-refractivity contribution in [2.75, 3.05) is 0 Å². The van der Waals surface area contributed by atoms with Crippen LogP contribution in [-0.2, 0) is 15.7 Å². The van der Waals surface area contributed by atoms with Crippen molar-refractivity contribution in [3.63, 3.8) is 0 Å². The summed E-state index contributed by atoms with van der Waals surface area (Å²) in [5.41, 5.74) is 0. The van der Waals surface area contributed by atoms with Crippen molar-refractivity contribution >= 4 is 16.9 Å². The van der Waals surface area contributed by atoms with Crippen LogP contribution in [0, 0.1) is 0 Å². The van der Waals surface area contributed by atoms with Crippen molar-refractivity contribution in [2.45, 2.75) is 40.9 Å². The Morgan fingerprint density at radius 3 is 1.31 bits per heavy atom. The first-order chi connectivity index (χ1) is 12.7. The highest BCUT2D eigenvalue weighted by molar-refractivity contribution is 7.97. The highest BCUT2D eigenvalue weighted by Gasteiger charge is 2.27. The van der Waals surface area contributed by atoms with Gasteiger partial charge in [0.05, 0.1) is 10.9 Å². The molecule has 0 aliphatic rings. The van der Waals surface area contributed by atoms with E-state index in [1.807, 2.05) is 6.92 Å². The average molecular weight is 365 g/mol. The molecule has 0 atom stereocenters. The molecule has 0 saturated carbocycles. The summed E-state index contributed by atoms with van der Waals surface area (Å²) < 4.78 is 0. The fourth-order valence-electron chi connectivity index (χ4n) is 2.40. The Bertz CT molecular complexity index is 664. The van der Waals surface area contributed by atoms with Gasteiger partial charge in [0.15, 0.2) is 14.7 Å². The largest absolute Gasteiger partial charge is 0.550 e. The molecule has 0 aliphatic heterocycles. The van der Waals surface area contributed by atoms with Crippen molar-refractivity contribution in [1.82, 2.24) is 0 Å². The van der Waals surface area contributed by atoms with Crippen molar-refractivity contribution in [1.29, 1.82) is 0 Å². The van der Waals surface area contributed by atoms with E-state index in [2.05, 4.69) is 91.0 Å². The molecule has 0 amide bonds. The van der Waals surface area contributed by atoms with Crippen LogP contribution in [0.2, 0.25) is 0 Å². The molecule has 0 bridgehead atoms. The third-order valence-corrected chi connectivity index (χ3v) is 5.90. The molecule has 0 aromatic heterocycles. The second-order valence-corrected chi connectivity index (χ2v) is 7.75. The average Bonchev–Trinajstić information content (AvgIpc) is 2.70. The Morgan fingerprint density at radius 2 is 1.08 bits per heavy atom. The number of carboxylic acids is 1. The number of rotatable bonds is 6. The van der Waals surface area contributed by atoms with E-state index >= 15 is 0 Å². The zero-order chi connectivity index (χ0) is 18.6. The van der Waals surface area contributed by atoms with Gasteiger partial charge in [0.25, 0.3) is 0 Å². The molecule has 3 aromatic rings. The maximum atomic E-state index is 9.65. The normalized spacial score (nSPS) is 10.1. The zero-order valence-corrected chi connectivity index (χ0v) is 15.8. The van der Waals surface area contributed by atoms with Gasteiger partial charge in [-0.2, -0.15) is 0 Å². The van der Waals surface area contributed by atoms with Gasteiger partial charge >= 0.3 is 0 Å². The lowest BCUT2D eigenvalue weighted by Gasteiger charge is -2.07. The van der Waals surface area contributed by atoms with E-state index in [9.17, 15) is 9.90 Å². The number of carbonyl (C=O) groups is 1. The molecule has 26 heavy (non-hydrogen) atoms. The molecule has 0 spiro atoms. The van der Waals surface area contributed by atoms with Crippen molar-refractivity contribution in [2.24, 2.45) is 0 Å². The summed E-state index contributed by atoms with van der Waals surface area (Å²) in [5.74, 6) is -0.943. The fraction of sp³-hybridized carbons (Fsp3) is 0.174. The van der Waals surface area contributed by atoms with Crippen molar-refractivity contribution in [3.05, 3.63) is 91.0 Å². The van der Waals surface area contributed by atoms with Crippen LogP contribution in [0.3, 0.4) is 0 Å². The van der Waals surface area contributed by atoms with Gasteiger partial charge in [0.2, 0.25) is 0 Å². The van der Waals surface area contributed by atoms with Crippen LogP contribution in [-0.4, -0.2) is 5.97 Å². The summed E-state index contributed by atoms with van der Waals surface area (Å²) in [6.07, 6.45) is 1.87. The lowest BCUT2D eigenvalue weighted by Crippen LogP contribution is -2.21. The molecule has 0 saturated heterocycles. The monoisotopic (exact) mass is 364 g/mol. The third-order valence-electron chi connectivity index (χ3n) is 3.67. The van der Waals surface area contributed by atoms with Crippen LogP contribution in [0.25, 0.3) is 0 Å². The molecular weight excluding hydrogens is 340 g/mol. The Morgan fingerprint density at radius 1 is 0.731 bits per heavy atom. The number of hydrogen-bond acceptors (Lipinski definition) is 2. The van der Waals surface area contributed by atoms with Crippen molar-refractivity contribution in [3.8, 4) is 0 Å². The summed E-state index contributed by atoms with van der Waals surface area (Å²) >= 11 is 0. The predicted octanol–water partition coefficient (Wildman–Crippen LogP) is 4.71. The molecule has 0 unspecified atom stereocenters. The molecule has 134 valence electrons. The molecule has 0 heterocycles. The molecular formula is C23H24O2S. The minimum absolute atomic E-state index is 0.0146. The molecule has 3 rings (SSSR count). The minimum Gasteiger partial charge on any atom is -0.550 e. The molecule has 3 aromatic carbocycles. The topological polar surface area (TPSA) is 40.1 Å². The van der Waals surface area contributed by atoms with Crippen LogP contribution in [0.4, 0.5) is 0 Å². The predicted molar refractivity (Wildman–Crippen MR) is 106 cm³/mol. The van der Waals surface area contributed by atoms with E-state index in [1.165, 1.54) is 14.7 Å². The van der Waals surface area contributed by atoms with Gasteiger partial charge < -0.3 is 9.90 Å². The third kappa shape index (κ3) is 6.41. The first-order valence-corrected chi connectivity index (χ1v) is 10.0. The summed E-state index contributed by atoms with van der Waals surface area (Å²) in [6, 6.07) is 32.2. The van der Waals surface area contributed by atoms with E-state index in [-0.39, 0.29) is 17.3 Å². The van der Waals surface area contributed by atoms with Gasteiger partial charge in [0.1, 0.15) is 0 Å². The van der Waals surface area contributed by atoms with Gasteiger partial charge in [-0.25, -0.2) is 0 Å². The van der Waals surface area contributed by atoms with E-state index in [0.717, 1.165) is 12.8 Å². The quantitative estimate of drug-likeness (QED) is 0.594. The van der Waals surface area contributed by atoms with Crippen LogP contribution in [0.5, 0.6) is 0 Å². The Labute approximate surface area is 158 Å². The fourth-order valence-corrected chi connectivity index (χ4v) is 4.50. The van der Waals surface area contributed by atoms with Gasteiger partial charge in [-0.1, -0.05) is 67.9 Å². The highest BCUT2D eigenvalue weighted by atomic mass is 32.2. The second kappa shape index (κ2) is 11.2. The molecule has 2 nitrogen and oxygen atoms in total. The van der Waals surface area contributed by atoms with Gasteiger partial charge in [-0.15, -0.1) is 0 Å². The van der Waals surface area contributed by atoms with Crippen LogP contribution in [0.1, 0.15) is 26.2 Å². The summed E-state index contributed by atoms with van der Waals surface area (Å²) in [6.45, 7) is 1.95. The van der Waals surface area contributed by atoms with Gasteiger partial charge in [-0.3, -0.25) is 0 Å². The van der Waals surface area contributed by atoms with E-state index in [4.69, 9.17) is 0 Å². The number of aliphatic carboxylic acids is 1. The summed E-state index contributed by atoms with van der Waals surface area (Å²) in [4.78, 5) is 13.7. The maximum Gasteiger partial charge on any atom is 0.166 e. The zero-order valence-electron chi connectivity index (χ0n) is 15.0. The Balaban J connectivity index is 0.000000298. The SMILES string of the molecule is CCCCC(=O)[O-].c1ccc([S+](c2ccccc2)c2ccccc2)cc1. The summed E-state index contributed by atoms with van der Waals surface area (Å²) in [5, 5.41) is 9.65. The number of carboxylic acid groups (broad SMARTS) is 1. The molecule has 3 heteroatoms. The maximum absolute atomic E-state index is 9.65. The smallest absolute Gasteiger partial charge is 0.166 e. The molecule has 0 fully saturated rings. The van der Waals surface area contributed by atoms with Crippen LogP contribution >= 0.6 is 0 Å². The van der Waals surface area contributed by atoms with E-state index < -0.39 is 5.97 Å². The molecule has 0 N–H and O–H groups in total. The number of hydrogen-bond donors (Lipinski definition) is 0. The van der Waals surface area contributed by atoms with E-state index in [0.29, 0.717) is 0 Å². The first kappa shape index (κ1) is 19.8. The first-order valence-electron chi connectivity index (χ1n) is 8.81. The van der Waals surface area contributed by atoms with Gasteiger partial charge in [0, 0.05) is 5.97 Å². The standard InChI is InChI=1S/C18H15S.C5H10O2/c1-4-10-16(11-5-1)19(17-12-6-2-7-13-17)18-14-8-3-9-15-18;1-2-3-4-5(6)7/h1-15H;2-4H2,1H3,(H,6,7)/q+1;/p-1. The molecule has 0 radical (unpaired) electrons. The van der Waals surface area contributed by atoms with E-state index in [1.54, 1.807) is 0 Å². The molecule has 0 aliphatic carbocycles. The lowest BCUT2D eigenvalue weighted by molar-refractivity contribution is -0.305. The second-order valence-electron chi connectivity index (χ2n) is 5.72. The highest BCUT2D eigenvalue weighted by Crippen LogP contribution is 2.30. The van der Waals surface area contributed by atoms with Crippen LogP contribution < -0.4 is 5.11 Å². The lowest BCUT2D eigenvalue weighted by atomic mass is 10.3. The van der Waals surface area contributed by atoms with Crippen LogP contribution in [0.15, 0.2) is 106 Å². The Kier molecular flexibility index (Phi) is 8.50. The number of carbonyl (C=O) groups excluding carboxylic acids is 1. The summed E-state index contributed by atoms with van der Waals surface area (Å²) in [7, 11) is -0.0146. The van der Waals surface area contributed by atoms with Crippen molar-refractivity contribution < 1.29 is 9.90 Å². The minimum atomic E-state index is -0.943. The number of unbranched alkanes of at least 4 members (excludes halogenated alkanes) is 1. The number of benzene rings is 3. The van der Waals surface area contributed by atoms with Gasteiger partial charge in [-0.05, 0) is 49.2 Å².